The molecule has 4 rings (SSSR count). The van der Waals surface area contributed by atoms with Gasteiger partial charge < -0.3 is 10.1 Å². The highest BCUT2D eigenvalue weighted by molar-refractivity contribution is 7.14. The summed E-state index contributed by atoms with van der Waals surface area (Å²) >= 11 is 1.59. The van der Waals surface area contributed by atoms with E-state index in [1.54, 1.807) is 35.7 Å². The Morgan fingerprint density at radius 2 is 2.12 bits per heavy atom. The SMILES string of the molecule is O=C(Nc1cccc(Oc2cccnn2)c1)c1cc2c(s1)CCC2. The number of hydrogen-bond acceptors (Lipinski definition) is 5. The number of carbonyl (C=O) groups is 1. The number of aryl methyl sites for hydroxylation is 2. The smallest absolute Gasteiger partial charge is 0.265 e. The molecule has 120 valence electrons. The molecule has 24 heavy (non-hydrogen) atoms. The van der Waals surface area contributed by atoms with Crippen LogP contribution in [-0.4, -0.2) is 16.1 Å². The second kappa shape index (κ2) is 6.41. The van der Waals surface area contributed by atoms with E-state index in [-0.39, 0.29) is 5.91 Å². The van der Waals surface area contributed by atoms with E-state index in [0.29, 0.717) is 17.3 Å². The van der Waals surface area contributed by atoms with Gasteiger partial charge in [0.15, 0.2) is 0 Å². The molecule has 1 aliphatic rings. The molecule has 5 nitrogen and oxygen atoms in total. The number of rotatable bonds is 4. The number of amides is 1. The van der Waals surface area contributed by atoms with Crippen molar-refractivity contribution < 1.29 is 9.53 Å². The van der Waals surface area contributed by atoms with Crippen LogP contribution in [0.15, 0.2) is 48.7 Å². The molecule has 0 fully saturated rings. The van der Waals surface area contributed by atoms with E-state index in [4.69, 9.17) is 4.74 Å². The van der Waals surface area contributed by atoms with Gasteiger partial charge in [-0.25, -0.2) is 0 Å². The Labute approximate surface area is 143 Å². The maximum atomic E-state index is 12.4. The number of benzene rings is 1. The van der Waals surface area contributed by atoms with Gasteiger partial charge in [0.25, 0.3) is 5.91 Å². The maximum absolute atomic E-state index is 12.4. The first-order valence-electron chi connectivity index (χ1n) is 7.76. The molecule has 0 bridgehead atoms. The molecule has 2 aromatic heterocycles. The van der Waals surface area contributed by atoms with Crippen molar-refractivity contribution >= 4 is 22.9 Å². The van der Waals surface area contributed by atoms with Crippen LogP contribution in [-0.2, 0) is 12.8 Å². The second-order valence-electron chi connectivity index (χ2n) is 5.56. The van der Waals surface area contributed by atoms with E-state index >= 15 is 0 Å². The van der Waals surface area contributed by atoms with Gasteiger partial charge in [0.05, 0.1) is 4.88 Å². The van der Waals surface area contributed by atoms with Crippen LogP contribution in [0.3, 0.4) is 0 Å². The van der Waals surface area contributed by atoms with Gasteiger partial charge in [-0.3, -0.25) is 4.79 Å². The van der Waals surface area contributed by atoms with E-state index in [1.807, 2.05) is 24.3 Å². The second-order valence-corrected chi connectivity index (χ2v) is 6.70. The van der Waals surface area contributed by atoms with Gasteiger partial charge in [0.2, 0.25) is 5.88 Å². The van der Waals surface area contributed by atoms with Gasteiger partial charge in [-0.1, -0.05) is 6.07 Å². The monoisotopic (exact) mass is 337 g/mol. The molecule has 2 heterocycles. The van der Waals surface area contributed by atoms with Crippen LogP contribution in [0.2, 0.25) is 0 Å². The lowest BCUT2D eigenvalue weighted by Crippen LogP contribution is -2.10. The molecule has 1 N–H and O–H groups in total. The number of anilines is 1. The standard InChI is InChI=1S/C18H15N3O2S/c22-18(16-10-12-4-1-7-15(12)24-16)20-13-5-2-6-14(11-13)23-17-8-3-9-19-21-17/h2-3,5-6,8-11H,1,4,7H2,(H,20,22). The van der Waals surface area contributed by atoms with Crippen LogP contribution < -0.4 is 10.1 Å². The summed E-state index contributed by atoms with van der Waals surface area (Å²) in [5, 5.41) is 10.6. The van der Waals surface area contributed by atoms with Crippen molar-refractivity contribution in [2.45, 2.75) is 19.3 Å². The average Bonchev–Trinajstić information content (AvgIpc) is 3.18. The highest BCUT2D eigenvalue weighted by Gasteiger charge is 2.18. The Balaban J connectivity index is 1.48. The zero-order valence-electron chi connectivity index (χ0n) is 12.9. The fraction of sp³-hybridized carbons (Fsp3) is 0.167. The topological polar surface area (TPSA) is 64.1 Å². The summed E-state index contributed by atoms with van der Waals surface area (Å²) < 4.78 is 5.63. The Morgan fingerprint density at radius 3 is 2.96 bits per heavy atom. The predicted octanol–water partition coefficient (Wildman–Crippen LogP) is 4.07. The maximum Gasteiger partial charge on any atom is 0.265 e. The van der Waals surface area contributed by atoms with Gasteiger partial charge in [-0.15, -0.1) is 16.4 Å². The summed E-state index contributed by atoms with van der Waals surface area (Å²) in [6.07, 6.45) is 4.96. The highest BCUT2D eigenvalue weighted by Crippen LogP contribution is 2.31. The van der Waals surface area contributed by atoms with Crippen molar-refractivity contribution in [2.75, 3.05) is 5.32 Å². The summed E-state index contributed by atoms with van der Waals surface area (Å²) in [5.41, 5.74) is 2.01. The largest absolute Gasteiger partial charge is 0.437 e. The summed E-state index contributed by atoms with van der Waals surface area (Å²) in [6, 6.07) is 12.7. The zero-order chi connectivity index (χ0) is 16.4. The first kappa shape index (κ1) is 14.8. The van der Waals surface area contributed by atoms with E-state index in [1.165, 1.54) is 16.9 Å². The van der Waals surface area contributed by atoms with Crippen LogP contribution in [0.4, 0.5) is 5.69 Å². The number of carbonyl (C=O) groups excluding carboxylic acids is 1. The number of aromatic nitrogens is 2. The number of hydrogen-bond donors (Lipinski definition) is 1. The molecular formula is C18H15N3O2S. The van der Waals surface area contributed by atoms with Gasteiger partial charge in [-0.05, 0) is 49.1 Å². The molecule has 1 aromatic carbocycles. The molecular weight excluding hydrogens is 322 g/mol. The van der Waals surface area contributed by atoms with Crippen LogP contribution in [0.5, 0.6) is 11.6 Å². The van der Waals surface area contributed by atoms with Crippen LogP contribution >= 0.6 is 11.3 Å². The highest BCUT2D eigenvalue weighted by atomic mass is 32.1. The van der Waals surface area contributed by atoms with Crippen molar-refractivity contribution in [2.24, 2.45) is 0 Å². The molecule has 1 aliphatic carbocycles. The minimum atomic E-state index is -0.0777. The van der Waals surface area contributed by atoms with E-state index in [0.717, 1.165) is 17.7 Å². The fourth-order valence-corrected chi connectivity index (χ4v) is 3.88. The minimum Gasteiger partial charge on any atom is -0.437 e. The third kappa shape index (κ3) is 3.14. The lowest BCUT2D eigenvalue weighted by Gasteiger charge is -2.07. The fourth-order valence-electron chi connectivity index (χ4n) is 2.73. The zero-order valence-corrected chi connectivity index (χ0v) is 13.7. The molecule has 0 saturated heterocycles. The number of ether oxygens (including phenoxy) is 1. The van der Waals surface area contributed by atoms with Crippen molar-refractivity contribution in [1.29, 1.82) is 0 Å². The Hall–Kier alpha value is -2.73. The van der Waals surface area contributed by atoms with Crippen LogP contribution in [0, 0.1) is 0 Å². The van der Waals surface area contributed by atoms with Crippen molar-refractivity contribution in [3.8, 4) is 11.6 Å². The number of nitrogens with zero attached hydrogens (tertiary/aromatic N) is 2. The van der Waals surface area contributed by atoms with Gasteiger partial charge in [0, 0.05) is 28.9 Å². The Morgan fingerprint density at radius 1 is 1.17 bits per heavy atom. The summed E-state index contributed by atoms with van der Waals surface area (Å²) in [7, 11) is 0. The van der Waals surface area contributed by atoms with Crippen molar-refractivity contribution in [3.05, 3.63) is 64.0 Å². The van der Waals surface area contributed by atoms with Gasteiger partial charge in [-0.2, -0.15) is 5.10 Å². The first-order chi connectivity index (χ1) is 11.8. The lowest BCUT2D eigenvalue weighted by atomic mass is 10.2. The molecule has 1 amide bonds. The summed E-state index contributed by atoms with van der Waals surface area (Å²) in [4.78, 5) is 14.5. The number of fused-ring (bicyclic) bond motifs is 1. The summed E-state index contributed by atoms with van der Waals surface area (Å²) in [6.45, 7) is 0. The van der Waals surface area contributed by atoms with Crippen molar-refractivity contribution in [3.63, 3.8) is 0 Å². The minimum absolute atomic E-state index is 0.0777. The molecule has 0 unspecified atom stereocenters. The molecule has 0 saturated carbocycles. The third-order valence-corrected chi connectivity index (χ3v) is 5.07. The lowest BCUT2D eigenvalue weighted by molar-refractivity contribution is 0.103. The molecule has 0 atom stereocenters. The third-order valence-electron chi connectivity index (χ3n) is 3.83. The molecule has 0 radical (unpaired) electrons. The quantitative estimate of drug-likeness (QED) is 0.779. The normalized spacial score (nSPS) is 12.7. The Kier molecular flexibility index (Phi) is 3.96. The molecule has 3 aromatic rings. The van der Waals surface area contributed by atoms with E-state index < -0.39 is 0 Å². The predicted molar refractivity (Wildman–Crippen MR) is 92.8 cm³/mol. The van der Waals surface area contributed by atoms with Gasteiger partial charge in [0.1, 0.15) is 5.75 Å². The Bertz CT molecular complexity index is 855. The average molecular weight is 337 g/mol. The van der Waals surface area contributed by atoms with Crippen LogP contribution in [0.25, 0.3) is 0 Å². The van der Waals surface area contributed by atoms with Gasteiger partial charge >= 0.3 is 0 Å². The number of nitrogens with one attached hydrogen (secondary N) is 1. The van der Waals surface area contributed by atoms with E-state index in [9.17, 15) is 4.79 Å². The molecule has 0 aliphatic heterocycles. The summed E-state index contributed by atoms with van der Waals surface area (Å²) in [5.74, 6) is 0.934. The van der Waals surface area contributed by atoms with E-state index in [2.05, 4.69) is 15.5 Å². The number of thiophene rings is 1. The molecule has 6 heteroatoms. The molecule has 0 spiro atoms. The first-order valence-corrected chi connectivity index (χ1v) is 8.58. The van der Waals surface area contributed by atoms with Crippen LogP contribution in [0.1, 0.15) is 26.5 Å². The van der Waals surface area contributed by atoms with Crippen molar-refractivity contribution in [1.82, 2.24) is 10.2 Å².